The van der Waals surface area contributed by atoms with Crippen molar-refractivity contribution in [1.82, 2.24) is 15.5 Å². The molecule has 3 rings (SSSR count). The second-order valence-corrected chi connectivity index (χ2v) is 6.95. The largest absolute Gasteiger partial charge is 0.333 e. The molecule has 0 bridgehead atoms. The van der Waals surface area contributed by atoms with E-state index in [-0.39, 0.29) is 0 Å². The SMILES string of the molecule is CNC(C)Cc1noc(-c2cc3c(s2)CCC(C)C3)n1. The number of nitrogens with one attached hydrogen (secondary N) is 1. The first kappa shape index (κ1) is 13.8. The van der Waals surface area contributed by atoms with Crippen LogP contribution in [0.5, 0.6) is 0 Å². The van der Waals surface area contributed by atoms with Gasteiger partial charge in [0.25, 0.3) is 5.89 Å². The molecule has 2 atom stereocenters. The molecule has 1 aliphatic carbocycles. The van der Waals surface area contributed by atoms with Crippen molar-refractivity contribution in [2.24, 2.45) is 5.92 Å². The van der Waals surface area contributed by atoms with Crippen molar-refractivity contribution >= 4 is 11.3 Å². The molecule has 0 spiro atoms. The second kappa shape index (κ2) is 5.66. The van der Waals surface area contributed by atoms with Crippen molar-refractivity contribution in [1.29, 1.82) is 0 Å². The van der Waals surface area contributed by atoms with Crippen LogP contribution in [0.15, 0.2) is 10.6 Å². The van der Waals surface area contributed by atoms with Crippen molar-refractivity contribution in [2.45, 2.75) is 45.6 Å². The number of aromatic nitrogens is 2. The summed E-state index contributed by atoms with van der Waals surface area (Å²) in [7, 11) is 1.94. The molecular weight excluding hydrogens is 270 g/mol. The fraction of sp³-hybridized carbons (Fsp3) is 0.600. The lowest BCUT2D eigenvalue weighted by molar-refractivity contribution is 0.419. The maximum atomic E-state index is 5.42. The highest BCUT2D eigenvalue weighted by Gasteiger charge is 2.21. The maximum Gasteiger partial charge on any atom is 0.268 e. The van der Waals surface area contributed by atoms with Gasteiger partial charge in [0.05, 0.1) is 4.88 Å². The third-order valence-corrected chi connectivity index (χ3v) is 5.21. The molecular formula is C15H21N3OS. The summed E-state index contributed by atoms with van der Waals surface area (Å²) in [6.45, 7) is 4.44. The van der Waals surface area contributed by atoms with Crippen LogP contribution in [0.25, 0.3) is 10.8 Å². The Morgan fingerprint density at radius 3 is 3.20 bits per heavy atom. The Bertz CT molecular complexity index is 590. The molecule has 0 saturated carbocycles. The van der Waals surface area contributed by atoms with Crippen LogP contribution in [-0.2, 0) is 19.3 Å². The highest BCUT2D eigenvalue weighted by Crippen LogP contribution is 2.36. The zero-order valence-electron chi connectivity index (χ0n) is 12.3. The average Bonchev–Trinajstić information content (AvgIpc) is 3.04. The van der Waals surface area contributed by atoms with Crippen LogP contribution >= 0.6 is 11.3 Å². The highest BCUT2D eigenvalue weighted by molar-refractivity contribution is 7.15. The smallest absolute Gasteiger partial charge is 0.268 e. The molecule has 0 fully saturated rings. The van der Waals surface area contributed by atoms with Crippen molar-refractivity contribution in [2.75, 3.05) is 7.05 Å². The normalized spacial score (nSPS) is 19.9. The molecule has 5 heteroatoms. The van der Waals surface area contributed by atoms with Crippen LogP contribution in [0.4, 0.5) is 0 Å². The molecule has 1 N–H and O–H groups in total. The van der Waals surface area contributed by atoms with E-state index >= 15 is 0 Å². The lowest BCUT2D eigenvalue weighted by Crippen LogP contribution is -2.24. The molecule has 4 nitrogen and oxygen atoms in total. The maximum absolute atomic E-state index is 5.42. The number of hydrogen-bond donors (Lipinski definition) is 1. The van der Waals surface area contributed by atoms with E-state index in [1.807, 2.05) is 18.4 Å². The second-order valence-electron chi connectivity index (χ2n) is 5.82. The molecule has 20 heavy (non-hydrogen) atoms. The summed E-state index contributed by atoms with van der Waals surface area (Å²) >= 11 is 1.82. The number of thiophene rings is 1. The molecule has 2 aromatic rings. The molecule has 0 aliphatic heterocycles. The molecule has 2 heterocycles. The van der Waals surface area contributed by atoms with Crippen LogP contribution < -0.4 is 5.32 Å². The topological polar surface area (TPSA) is 51.0 Å². The minimum absolute atomic E-state index is 0.359. The Hall–Kier alpha value is -1.20. The number of rotatable bonds is 4. The van der Waals surface area contributed by atoms with Crippen molar-refractivity contribution in [3.05, 3.63) is 22.3 Å². The third kappa shape index (κ3) is 2.79. The Morgan fingerprint density at radius 1 is 1.55 bits per heavy atom. The van der Waals surface area contributed by atoms with E-state index < -0.39 is 0 Å². The molecule has 0 aromatic carbocycles. The Morgan fingerprint density at radius 2 is 2.40 bits per heavy atom. The van der Waals surface area contributed by atoms with Gasteiger partial charge in [0.1, 0.15) is 0 Å². The zero-order chi connectivity index (χ0) is 14.1. The van der Waals surface area contributed by atoms with Gasteiger partial charge < -0.3 is 9.84 Å². The minimum atomic E-state index is 0.359. The van der Waals surface area contributed by atoms with Crippen LogP contribution in [0, 0.1) is 5.92 Å². The fourth-order valence-corrected chi connectivity index (χ4v) is 3.75. The van der Waals surface area contributed by atoms with Crippen LogP contribution in [-0.4, -0.2) is 23.2 Å². The van der Waals surface area contributed by atoms with Gasteiger partial charge in [-0.2, -0.15) is 4.98 Å². The molecule has 0 amide bonds. The molecule has 1 aliphatic rings. The van der Waals surface area contributed by atoms with Crippen molar-refractivity contribution in [3.8, 4) is 10.8 Å². The summed E-state index contributed by atoms with van der Waals surface area (Å²) in [6.07, 6.45) is 4.46. The van der Waals surface area contributed by atoms with E-state index in [2.05, 4.69) is 35.4 Å². The number of fused-ring (bicyclic) bond motifs is 1. The van der Waals surface area contributed by atoms with Gasteiger partial charge in [-0.3, -0.25) is 0 Å². The van der Waals surface area contributed by atoms with Gasteiger partial charge in [0.15, 0.2) is 5.82 Å². The van der Waals surface area contributed by atoms with Gasteiger partial charge >= 0.3 is 0 Å². The summed E-state index contributed by atoms with van der Waals surface area (Å²) in [5, 5.41) is 7.27. The molecule has 2 unspecified atom stereocenters. The summed E-state index contributed by atoms with van der Waals surface area (Å²) in [5.74, 6) is 2.25. The summed E-state index contributed by atoms with van der Waals surface area (Å²) in [4.78, 5) is 7.15. The standard InChI is InChI=1S/C15H21N3OS/c1-9-4-5-12-11(6-9)8-13(20-12)15-17-14(18-19-15)7-10(2)16-3/h8-10,16H,4-7H2,1-3H3. The van der Waals surface area contributed by atoms with Gasteiger partial charge in [-0.1, -0.05) is 12.1 Å². The summed E-state index contributed by atoms with van der Waals surface area (Å²) in [5.41, 5.74) is 1.48. The van der Waals surface area contributed by atoms with E-state index in [1.165, 1.54) is 29.7 Å². The van der Waals surface area contributed by atoms with E-state index in [9.17, 15) is 0 Å². The predicted octanol–water partition coefficient (Wildman–Crippen LogP) is 3.07. The van der Waals surface area contributed by atoms with Crippen molar-refractivity contribution < 1.29 is 4.52 Å². The van der Waals surface area contributed by atoms with E-state index in [1.54, 1.807) is 0 Å². The Kier molecular flexibility index (Phi) is 3.89. The lowest BCUT2D eigenvalue weighted by Gasteiger charge is -2.16. The van der Waals surface area contributed by atoms with Gasteiger partial charge in [0.2, 0.25) is 0 Å². The fourth-order valence-electron chi connectivity index (χ4n) is 2.62. The minimum Gasteiger partial charge on any atom is -0.333 e. The number of nitrogens with zero attached hydrogens (tertiary/aromatic N) is 2. The van der Waals surface area contributed by atoms with E-state index in [0.717, 1.165) is 23.0 Å². The molecule has 2 aromatic heterocycles. The molecule has 0 radical (unpaired) electrons. The van der Waals surface area contributed by atoms with Gasteiger partial charge in [-0.05, 0) is 50.8 Å². The first-order chi connectivity index (χ1) is 9.65. The van der Waals surface area contributed by atoms with Crippen LogP contribution in [0.3, 0.4) is 0 Å². The van der Waals surface area contributed by atoms with Gasteiger partial charge in [-0.25, -0.2) is 0 Å². The third-order valence-electron chi connectivity index (χ3n) is 3.99. The zero-order valence-corrected chi connectivity index (χ0v) is 13.1. The van der Waals surface area contributed by atoms with E-state index in [0.29, 0.717) is 11.9 Å². The average molecular weight is 291 g/mol. The van der Waals surface area contributed by atoms with Gasteiger partial charge in [-0.15, -0.1) is 11.3 Å². The number of likely N-dealkylation sites (N-methyl/N-ethyl adjacent to an activating group) is 1. The Balaban J connectivity index is 1.80. The predicted molar refractivity (Wildman–Crippen MR) is 81.0 cm³/mol. The van der Waals surface area contributed by atoms with Crippen LogP contribution in [0.2, 0.25) is 0 Å². The van der Waals surface area contributed by atoms with E-state index in [4.69, 9.17) is 4.52 Å². The van der Waals surface area contributed by atoms with Crippen LogP contribution in [0.1, 0.15) is 36.5 Å². The summed E-state index contributed by atoms with van der Waals surface area (Å²) in [6, 6.07) is 2.60. The monoisotopic (exact) mass is 291 g/mol. The first-order valence-electron chi connectivity index (χ1n) is 7.27. The number of aryl methyl sites for hydroxylation is 1. The van der Waals surface area contributed by atoms with Gasteiger partial charge in [0, 0.05) is 17.3 Å². The Labute approximate surface area is 123 Å². The number of hydrogen-bond acceptors (Lipinski definition) is 5. The highest BCUT2D eigenvalue weighted by atomic mass is 32.1. The lowest BCUT2D eigenvalue weighted by atomic mass is 9.90. The molecule has 108 valence electrons. The first-order valence-corrected chi connectivity index (χ1v) is 8.09. The van der Waals surface area contributed by atoms with Crippen molar-refractivity contribution in [3.63, 3.8) is 0 Å². The molecule has 0 saturated heterocycles. The summed E-state index contributed by atoms with van der Waals surface area (Å²) < 4.78 is 5.42. The quantitative estimate of drug-likeness (QED) is 0.940.